The van der Waals surface area contributed by atoms with E-state index >= 15 is 0 Å². The molecular weight excluding hydrogens is 354 g/mol. The number of carbonyl (C=O) groups excluding carboxylic acids is 1. The predicted molar refractivity (Wildman–Crippen MR) is 109 cm³/mol. The molecule has 1 saturated carbocycles. The summed E-state index contributed by atoms with van der Waals surface area (Å²) in [6.45, 7) is 2.04. The molecule has 1 aromatic rings. The lowest BCUT2D eigenvalue weighted by Crippen LogP contribution is -2.52. The lowest BCUT2D eigenvalue weighted by atomic mass is 9.73. The van der Waals surface area contributed by atoms with E-state index < -0.39 is 0 Å². The number of hydrogen-bond acceptors (Lipinski definition) is 5. The van der Waals surface area contributed by atoms with Crippen molar-refractivity contribution < 1.29 is 14.3 Å². The Kier molecular flexibility index (Phi) is 5.58. The molecule has 152 valence electrons. The number of ether oxygens (including phenoxy) is 2. The standard InChI is InChI=1S/C22H31N3O3/c1-24-12-10-16(11-13-24)25-22(26)18-7-5-4-6-17(18)21(23-25)15-8-9-19(27-2)20(14-15)28-3/h8-9,14,16-18H,4-7,10-13H2,1-3H3/t17-,18+/m1/s1. The maximum atomic E-state index is 13.3. The SMILES string of the molecule is COc1ccc(C2=NN(C3CCN(C)CC3)C(=O)[C@H]3CCCC[C@@H]23)cc1OC. The molecule has 0 bridgehead atoms. The van der Waals surface area contributed by atoms with E-state index in [4.69, 9.17) is 14.6 Å². The molecule has 1 aliphatic carbocycles. The second kappa shape index (κ2) is 8.11. The van der Waals surface area contributed by atoms with E-state index in [2.05, 4.69) is 18.0 Å². The zero-order valence-electron chi connectivity index (χ0n) is 17.2. The average molecular weight is 386 g/mol. The number of rotatable bonds is 4. The Bertz CT molecular complexity index is 755. The van der Waals surface area contributed by atoms with Crippen LogP contribution in [0.5, 0.6) is 11.5 Å². The number of fused-ring (bicyclic) bond motifs is 1. The van der Waals surface area contributed by atoms with Gasteiger partial charge in [0.2, 0.25) is 5.91 Å². The third kappa shape index (κ3) is 3.50. The van der Waals surface area contributed by atoms with Gasteiger partial charge in [0.15, 0.2) is 11.5 Å². The molecule has 0 aromatic heterocycles. The summed E-state index contributed by atoms with van der Waals surface area (Å²) in [7, 11) is 5.44. The van der Waals surface area contributed by atoms with Crippen LogP contribution in [0.4, 0.5) is 0 Å². The number of methoxy groups -OCH3 is 2. The fourth-order valence-electron chi connectivity index (χ4n) is 4.93. The third-order valence-electron chi connectivity index (χ3n) is 6.59. The van der Waals surface area contributed by atoms with Gasteiger partial charge in [-0.25, -0.2) is 5.01 Å². The Morgan fingerprint density at radius 3 is 2.32 bits per heavy atom. The van der Waals surface area contributed by atoms with Gasteiger partial charge in [-0.3, -0.25) is 4.79 Å². The summed E-state index contributed by atoms with van der Waals surface area (Å²) in [4.78, 5) is 15.6. The summed E-state index contributed by atoms with van der Waals surface area (Å²) < 4.78 is 10.9. The van der Waals surface area contributed by atoms with E-state index in [0.29, 0.717) is 11.5 Å². The molecule has 28 heavy (non-hydrogen) atoms. The van der Waals surface area contributed by atoms with Gasteiger partial charge < -0.3 is 14.4 Å². The Morgan fingerprint density at radius 1 is 0.964 bits per heavy atom. The number of amides is 1. The van der Waals surface area contributed by atoms with E-state index in [1.165, 1.54) is 0 Å². The number of nitrogens with zero attached hydrogens (tertiary/aromatic N) is 3. The van der Waals surface area contributed by atoms with Gasteiger partial charge in [-0.1, -0.05) is 12.8 Å². The summed E-state index contributed by atoms with van der Waals surface area (Å²) >= 11 is 0. The smallest absolute Gasteiger partial charge is 0.246 e. The van der Waals surface area contributed by atoms with Gasteiger partial charge in [-0.15, -0.1) is 0 Å². The maximum absolute atomic E-state index is 13.3. The fourth-order valence-corrected chi connectivity index (χ4v) is 4.93. The number of piperidine rings is 1. The Balaban J connectivity index is 1.72. The second-order valence-corrected chi connectivity index (χ2v) is 8.27. The molecule has 2 aliphatic heterocycles. The second-order valence-electron chi connectivity index (χ2n) is 8.27. The quantitative estimate of drug-likeness (QED) is 0.799. The molecule has 1 saturated heterocycles. The molecule has 3 aliphatic rings. The molecule has 6 nitrogen and oxygen atoms in total. The Labute approximate surface area is 167 Å². The monoisotopic (exact) mass is 385 g/mol. The summed E-state index contributed by atoms with van der Waals surface area (Å²) in [6, 6.07) is 6.20. The van der Waals surface area contributed by atoms with Gasteiger partial charge in [-0.05, 0) is 64.0 Å². The molecule has 1 aromatic carbocycles. The number of benzene rings is 1. The van der Waals surface area contributed by atoms with Gasteiger partial charge in [-0.2, -0.15) is 5.10 Å². The van der Waals surface area contributed by atoms with Crippen molar-refractivity contribution >= 4 is 11.6 Å². The maximum Gasteiger partial charge on any atom is 0.246 e. The van der Waals surface area contributed by atoms with E-state index in [-0.39, 0.29) is 23.8 Å². The van der Waals surface area contributed by atoms with Crippen LogP contribution in [-0.2, 0) is 4.79 Å². The first kappa shape index (κ1) is 19.2. The summed E-state index contributed by atoms with van der Waals surface area (Å²) in [5.41, 5.74) is 2.09. The number of hydrogen-bond donors (Lipinski definition) is 0. The largest absolute Gasteiger partial charge is 0.493 e. The highest BCUT2D eigenvalue weighted by Gasteiger charge is 2.43. The number of carbonyl (C=O) groups is 1. The van der Waals surface area contributed by atoms with E-state index in [0.717, 1.165) is 62.9 Å². The van der Waals surface area contributed by atoms with Crippen LogP contribution in [0.3, 0.4) is 0 Å². The van der Waals surface area contributed by atoms with Crippen molar-refractivity contribution in [3.63, 3.8) is 0 Å². The van der Waals surface area contributed by atoms with Crippen LogP contribution in [-0.4, -0.2) is 61.9 Å². The molecule has 0 radical (unpaired) electrons. The first-order chi connectivity index (χ1) is 13.6. The highest BCUT2D eigenvalue weighted by Crippen LogP contribution is 2.40. The van der Waals surface area contributed by atoms with Crippen LogP contribution in [0, 0.1) is 11.8 Å². The molecule has 1 amide bonds. The van der Waals surface area contributed by atoms with Crippen molar-refractivity contribution in [3.05, 3.63) is 23.8 Å². The Hall–Kier alpha value is -2.08. The van der Waals surface area contributed by atoms with Gasteiger partial charge >= 0.3 is 0 Å². The molecule has 0 N–H and O–H groups in total. The normalized spacial score (nSPS) is 26.6. The van der Waals surface area contributed by atoms with Crippen molar-refractivity contribution in [1.82, 2.24) is 9.91 Å². The average Bonchev–Trinajstić information content (AvgIpc) is 2.74. The molecule has 2 heterocycles. The minimum Gasteiger partial charge on any atom is -0.493 e. The van der Waals surface area contributed by atoms with Crippen LogP contribution in [0.15, 0.2) is 23.3 Å². The van der Waals surface area contributed by atoms with Crippen molar-refractivity contribution in [2.45, 2.75) is 44.6 Å². The van der Waals surface area contributed by atoms with E-state index in [9.17, 15) is 4.79 Å². The van der Waals surface area contributed by atoms with Gasteiger partial charge in [0.05, 0.1) is 26.0 Å². The molecular formula is C22H31N3O3. The van der Waals surface area contributed by atoms with Gasteiger partial charge in [0.25, 0.3) is 0 Å². The first-order valence-electron chi connectivity index (χ1n) is 10.4. The molecule has 2 fully saturated rings. The van der Waals surface area contributed by atoms with Crippen molar-refractivity contribution in [1.29, 1.82) is 0 Å². The van der Waals surface area contributed by atoms with E-state index in [1.54, 1.807) is 14.2 Å². The minimum atomic E-state index is 0.0639. The summed E-state index contributed by atoms with van der Waals surface area (Å²) in [5, 5.41) is 6.82. The van der Waals surface area contributed by atoms with Crippen LogP contribution >= 0.6 is 0 Å². The molecule has 4 rings (SSSR count). The lowest BCUT2D eigenvalue weighted by molar-refractivity contribution is -0.142. The van der Waals surface area contributed by atoms with Crippen molar-refractivity contribution in [3.8, 4) is 11.5 Å². The van der Waals surface area contributed by atoms with Crippen molar-refractivity contribution in [2.75, 3.05) is 34.4 Å². The van der Waals surface area contributed by atoms with Crippen molar-refractivity contribution in [2.24, 2.45) is 16.9 Å². The molecule has 2 atom stereocenters. The molecule has 0 spiro atoms. The zero-order chi connectivity index (χ0) is 19.7. The third-order valence-corrected chi connectivity index (χ3v) is 6.59. The predicted octanol–water partition coefficient (Wildman–Crippen LogP) is 3.15. The number of hydrazone groups is 1. The zero-order valence-corrected chi connectivity index (χ0v) is 17.2. The van der Waals surface area contributed by atoms with Gasteiger partial charge in [0.1, 0.15) is 0 Å². The van der Waals surface area contributed by atoms with Crippen LogP contribution < -0.4 is 9.47 Å². The topological polar surface area (TPSA) is 54.4 Å². The molecule has 0 unspecified atom stereocenters. The number of likely N-dealkylation sites (tertiary alicyclic amines) is 1. The van der Waals surface area contributed by atoms with Crippen LogP contribution in [0.1, 0.15) is 44.1 Å². The lowest BCUT2D eigenvalue weighted by Gasteiger charge is -2.43. The first-order valence-corrected chi connectivity index (χ1v) is 10.4. The minimum absolute atomic E-state index is 0.0639. The van der Waals surface area contributed by atoms with Crippen LogP contribution in [0.2, 0.25) is 0 Å². The fraction of sp³-hybridized carbons (Fsp3) is 0.636. The molecule has 6 heteroatoms. The summed E-state index contributed by atoms with van der Waals surface area (Å²) in [6.07, 6.45) is 6.27. The van der Waals surface area contributed by atoms with Crippen LogP contribution in [0.25, 0.3) is 0 Å². The van der Waals surface area contributed by atoms with Gasteiger partial charge in [0, 0.05) is 17.4 Å². The highest BCUT2D eigenvalue weighted by atomic mass is 16.5. The Morgan fingerprint density at radius 2 is 1.64 bits per heavy atom. The van der Waals surface area contributed by atoms with E-state index in [1.807, 2.05) is 17.1 Å². The summed E-state index contributed by atoms with van der Waals surface area (Å²) in [5.74, 6) is 1.93. The highest BCUT2D eigenvalue weighted by molar-refractivity contribution is 6.07.